The van der Waals surface area contributed by atoms with E-state index in [1.54, 1.807) is 11.9 Å². The maximum Gasteiger partial charge on any atom is 0.248 e. The summed E-state index contributed by atoms with van der Waals surface area (Å²) >= 11 is 0. The number of hydrogen-bond acceptors (Lipinski definition) is 2. The summed E-state index contributed by atoms with van der Waals surface area (Å²) < 4.78 is 5.07. The Morgan fingerprint density at radius 3 is 2.89 bits per heavy atom. The lowest BCUT2D eigenvalue weighted by Gasteiger charge is -2.27. The molecule has 0 aromatic carbocycles. The monoisotopic (exact) mass is 129 g/mol. The molecule has 1 amide bonds. The fourth-order valence-electron chi connectivity index (χ4n) is 0.864. The summed E-state index contributed by atoms with van der Waals surface area (Å²) in [5, 5.41) is 0. The molecule has 1 atom stereocenters. The maximum absolute atomic E-state index is 10.7. The molecule has 1 rings (SSSR count). The molecule has 52 valence electrons. The van der Waals surface area contributed by atoms with E-state index in [1.165, 1.54) is 0 Å². The highest BCUT2D eigenvalue weighted by molar-refractivity contribution is 5.77. The van der Waals surface area contributed by atoms with Crippen molar-refractivity contribution in [2.75, 3.05) is 20.2 Å². The van der Waals surface area contributed by atoms with Crippen molar-refractivity contribution >= 4 is 5.91 Å². The third-order valence-electron chi connectivity index (χ3n) is 1.45. The summed E-state index contributed by atoms with van der Waals surface area (Å²) in [4.78, 5) is 12.4. The van der Waals surface area contributed by atoms with Gasteiger partial charge in [-0.1, -0.05) is 0 Å². The number of morpholine rings is 1. The highest BCUT2D eigenvalue weighted by Gasteiger charge is 2.19. The van der Waals surface area contributed by atoms with E-state index in [4.69, 9.17) is 4.74 Å². The lowest BCUT2D eigenvalue weighted by molar-refractivity contribution is -0.145. The van der Waals surface area contributed by atoms with E-state index in [2.05, 4.69) is 0 Å². The smallest absolute Gasteiger partial charge is 0.248 e. The fraction of sp³-hybridized carbons (Fsp3) is 0.833. The van der Waals surface area contributed by atoms with Gasteiger partial charge in [-0.25, -0.2) is 0 Å². The maximum atomic E-state index is 10.7. The largest absolute Gasteiger partial charge is 0.367 e. The van der Waals surface area contributed by atoms with Gasteiger partial charge in [-0.15, -0.1) is 0 Å². The molecule has 9 heavy (non-hydrogen) atoms. The molecule has 0 saturated carbocycles. The van der Waals surface area contributed by atoms with Crippen LogP contribution in [0.5, 0.6) is 0 Å². The van der Waals surface area contributed by atoms with Gasteiger partial charge in [0.05, 0.1) is 6.10 Å². The molecule has 3 nitrogen and oxygen atoms in total. The number of rotatable bonds is 0. The van der Waals surface area contributed by atoms with Gasteiger partial charge in [-0.2, -0.15) is 0 Å². The number of nitrogens with zero attached hydrogens (tertiary/aromatic N) is 1. The summed E-state index contributed by atoms with van der Waals surface area (Å²) in [5.74, 6) is 0.0769. The minimum atomic E-state index is 0.0769. The molecule has 1 fully saturated rings. The molecule has 0 aliphatic carbocycles. The zero-order valence-corrected chi connectivity index (χ0v) is 5.76. The van der Waals surface area contributed by atoms with Crippen LogP contribution in [0.4, 0.5) is 0 Å². The fourth-order valence-corrected chi connectivity index (χ4v) is 0.864. The van der Waals surface area contributed by atoms with Crippen LogP contribution < -0.4 is 0 Å². The summed E-state index contributed by atoms with van der Waals surface area (Å²) in [5.41, 5.74) is 0. The second-order valence-electron chi connectivity index (χ2n) is 2.40. The van der Waals surface area contributed by atoms with E-state index in [-0.39, 0.29) is 18.6 Å². The molecule has 0 spiro atoms. The van der Waals surface area contributed by atoms with Crippen molar-refractivity contribution < 1.29 is 9.53 Å². The van der Waals surface area contributed by atoms with E-state index < -0.39 is 0 Å². The highest BCUT2D eigenvalue weighted by Crippen LogP contribution is 2.01. The van der Waals surface area contributed by atoms with E-state index in [1.807, 2.05) is 6.92 Å². The van der Waals surface area contributed by atoms with Gasteiger partial charge in [-0.05, 0) is 6.92 Å². The molecule has 1 aliphatic rings. The van der Waals surface area contributed by atoms with Crippen molar-refractivity contribution in [3.8, 4) is 0 Å². The third-order valence-corrected chi connectivity index (χ3v) is 1.45. The number of likely N-dealkylation sites (N-methyl/N-ethyl adjacent to an activating group) is 1. The molecule has 0 aromatic rings. The lowest BCUT2D eigenvalue weighted by Crippen LogP contribution is -2.42. The van der Waals surface area contributed by atoms with E-state index in [0.717, 1.165) is 6.54 Å². The Morgan fingerprint density at radius 1 is 1.78 bits per heavy atom. The van der Waals surface area contributed by atoms with Crippen LogP contribution in [-0.2, 0) is 9.53 Å². The van der Waals surface area contributed by atoms with Crippen LogP contribution in [-0.4, -0.2) is 37.1 Å². The van der Waals surface area contributed by atoms with Crippen LogP contribution in [0.3, 0.4) is 0 Å². The van der Waals surface area contributed by atoms with Crippen molar-refractivity contribution in [3.05, 3.63) is 0 Å². The molecule has 1 heterocycles. The van der Waals surface area contributed by atoms with Crippen LogP contribution in [0, 0.1) is 0 Å². The molecule has 0 N–H and O–H groups in total. The van der Waals surface area contributed by atoms with E-state index in [9.17, 15) is 4.79 Å². The zero-order chi connectivity index (χ0) is 6.85. The van der Waals surface area contributed by atoms with E-state index >= 15 is 0 Å². The highest BCUT2D eigenvalue weighted by atomic mass is 16.5. The van der Waals surface area contributed by atoms with Gasteiger partial charge in [0.15, 0.2) is 0 Å². The Labute approximate surface area is 54.6 Å². The van der Waals surface area contributed by atoms with Crippen molar-refractivity contribution in [2.45, 2.75) is 13.0 Å². The molecular weight excluding hydrogens is 118 g/mol. The van der Waals surface area contributed by atoms with Crippen LogP contribution >= 0.6 is 0 Å². The van der Waals surface area contributed by atoms with Gasteiger partial charge in [0.25, 0.3) is 0 Å². The number of hydrogen-bond donors (Lipinski definition) is 0. The normalized spacial score (nSPS) is 28.9. The van der Waals surface area contributed by atoms with Crippen molar-refractivity contribution in [1.29, 1.82) is 0 Å². The predicted molar refractivity (Wildman–Crippen MR) is 33.1 cm³/mol. The van der Waals surface area contributed by atoms with Gasteiger partial charge >= 0.3 is 0 Å². The molecule has 0 radical (unpaired) electrons. The number of amides is 1. The van der Waals surface area contributed by atoms with Gasteiger partial charge in [-0.3, -0.25) is 4.79 Å². The first-order valence-corrected chi connectivity index (χ1v) is 3.05. The second kappa shape index (κ2) is 2.35. The topological polar surface area (TPSA) is 29.5 Å². The van der Waals surface area contributed by atoms with Gasteiger partial charge in [0.1, 0.15) is 6.61 Å². The Kier molecular flexibility index (Phi) is 1.71. The summed E-state index contributed by atoms with van der Waals surface area (Å²) in [6.07, 6.45) is 0.202. The molecule has 0 bridgehead atoms. The SMILES string of the molecule is C[C@H]1CN(C)C(=O)CO1. The Bertz CT molecular complexity index is 124. The zero-order valence-electron chi connectivity index (χ0n) is 5.76. The van der Waals surface area contributed by atoms with Crippen LogP contribution in [0.25, 0.3) is 0 Å². The Hall–Kier alpha value is -0.570. The van der Waals surface area contributed by atoms with Gasteiger partial charge in [0.2, 0.25) is 5.91 Å². The predicted octanol–water partition coefficient (Wildman–Crippen LogP) is -0.137. The van der Waals surface area contributed by atoms with Crippen LogP contribution in [0.1, 0.15) is 6.92 Å². The third kappa shape index (κ3) is 1.42. The Morgan fingerprint density at radius 2 is 2.44 bits per heavy atom. The standard InChI is InChI=1S/C6H11NO2/c1-5-3-7(2)6(8)4-9-5/h5H,3-4H2,1-2H3/t5-/m0/s1. The molecule has 3 heteroatoms. The van der Waals surface area contributed by atoms with E-state index in [0.29, 0.717) is 0 Å². The molecular formula is C6H11NO2. The first-order chi connectivity index (χ1) is 4.20. The first kappa shape index (κ1) is 6.55. The number of carbonyl (C=O) groups is 1. The summed E-state index contributed by atoms with van der Waals surface area (Å²) in [6, 6.07) is 0. The second-order valence-corrected chi connectivity index (χ2v) is 2.40. The quantitative estimate of drug-likeness (QED) is 0.455. The summed E-state index contributed by atoms with van der Waals surface area (Å²) in [6.45, 7) is 2.93. The minimum absolute atomic E-state index is 0.0769. The molecule has 1 saturated heterocycles. The van der Waals surface area contributed by atoms with Crippen molar-refractivity contribution in [3.63, 3.8) is 0 Å². The number of carbonyl (C=O) groups excluding carboxylic acids is 1. The van der Waals surface area contributed by atoms with Gasteiger partial charge < -0.3 is 9.64 Å². The average molecular weight is 129 g/mol. The molecule has 0 unspecified atom stereocenters. The van der Waals surface area contributed by atoms with Crippen LogP contribution in [0.2, 0.25) is 0 Å². The van der Waals surface area contributed by atoms with Crippen LogP contribution in [0.15, 0.2) is 0 Å². The number of ether oxygens (including phenoxy) is 1. The molecule has 0 aromatic heterocycles. The minimum Gasteiger partial charge on any atom is -0.367 e. The summed E-state index contributed by atoms with van der Waals surface area (Å²) in [7, 11) is 1.79. The molecule has 1 aliphatic heterocycles. The van der Waals surface area contributed by atoms with Gasteiger partial charge in [0, 0.05) is 13.6 Å². The average Bonchev–Trinajstić information content (AvgIpc) is 1.80. The van der Waals surface area contributed by atoms with Crippen molar-refractivity contribution in [2.24, 2.45) is 0 Å². The first-order valence-electron chi connectivity index (χ1n) is 3.05. The lowest BCUT2D eigenvalue weighted by atomic mass is 10.3. The van der Waals surface area contributed by atoms with Crippen molar-refractivity contribution in [1.82, 2.24) is 4.90 Å². The Balaban J connectivity index is 2.44.